The van der Waals surface area contributed by atoms with Gasteiger partial charge >= 0.3 is 0 Å². The lowest BCUT2D eigenvalue weighted by Gasteiger charge is -2.16. The van der Waals surface area contributed by atoms with Gasteiger partial charge in [0.05, 0.1) is 0 Å². The van der Waals surface area contributed by atoms with E-state index < -0.39 is 0 Å². The zero-order valence-corrected chi connectivity index (χ0v) is 8.95. The molecular formula is C6H11IN2O2. The highest BCUT2D eigenvalue weighted by molar-refractivity contribution is 14.1. The monoisotopic (exact) mass is 270 g/mol. The molecule has 0 rings (SSSR count). The fraction of sp³-hybridized carbons (Fsp3) is 0.667. The average Bonchev–Trinajstić information content (AvgIpc) is 1.87. The molecule has 0 aromatic heterocycles. The smallest absolute Gasteiger partial charge is 0.283 e. The molecule has 0 aromatic carbocycles. The molecule has 4 nitrogen and oxygen atoms in total. The Morgan fingerprint density at radius 3 is 2.00 bits per heavy atom. The number of amides is 2. The predicted octanol–water partition coefficient (Wildman–Crippen LogP) is 0.561. The number of carbonyl (C=O) groups is 2. The lowest BCUT2D eigenvalue weighted by atomic mass is 10.5. The minimum Gasteiger partial charge on any atom is -0.347 e. The van der Waals surface area contributed by atoms with Gasteiger partial charge in [-0.15, -0.1) is 0 Å². The lowest BCUT2D eigenvalue weighted by Crippen LogP contribution is -2.35. The van der Waals surface area contributed by atoms with Gasteiger partial charge in [-0.05, 0) is 0 Å². The van der Waals surface area contributed by atoms with Gasteiger partial charge in [0, 0.05) is 43.7 Å². The van der Waals surface area contributed by atoms with Gasteiger partial charge in [0.2, 0.25) is 5.91 Å². The van der Waals surface area contributed by atoms with Gasteiger partial charge in [0.1, 0.15) is 6.54 Å². The van der Waals surface area contributed by atoms with E-state index in [2.05, 4.69) is 0 Å². The summed E-state index contributed by atoms with van der Waals surface area (Å²) in [6.45, 7) is 0.148. The van der Waals surface area contributed by atoms with Gasteiger partial charge in [0.15, 0.2) is 0 Å². The van der Waals surface area contributed by atoms with Crippen molar-refractivity contribution in [2.45, 2.75) is 0 Å². The summed E-state index contributed by atoms with van der Waals surface area (Å²) in [5.74, 6) is -0.0717. The van der Waals surface area contributed by atoms with E-state index in [0.29, 0.717) is 0 Å². The summed E-state index contributed by atoms with van der Waals surface area (Å²) < 4.78 is -0.127. The molecule has 0 spiro atoms. The van der Waals surface area contributed by atoms with Gasteiger partial charge < -0.3 is 9.80 Å². The Morgan fingerprint density at radius 2 is 1.73 bits per heavy atom. The molecule has 5 heteroatoms. The molecule has 2 amide bonds. The van der Waals surface area contributed by atoms with Crippen LogP contribution in [0.4, 0.5) is 4.79 Å². The fourth-order valence-corrected chi connectivity index (χ4v) is 0.577. The van der Waals surface area contributed by atoms with Crippen LogP contribution in [0.25, 0.3) is 0 Å². The number of halogens is 1. The van der Waals surface area contributed by atoms with E-state index in [1.807, 2.05) is 0 Å². The van der Waals surface area contributed by atoms with Crippen LogP contribution < -0.4 is 0 Å². The van der Waals surface area contributed by atoms with Gasteiger partial charge in [-0.2, -0.15) is 0 Å². The molecule has 0 N–H and O–H groups in total. The van der Waals surface area contributed by atoms with Crippen molar-refractivity contribution in [3.8, 4) is 0 Å². The normalized spacial score (nSPS) is 9.09. The summed E-state index contributed by atoms with van der Waals surface area (Å²) in [6, 6.07) is 0. The molecule has 0 bridgehead atoms. The third-order valence-electron chi connectivity index (χ3n) is 1.17. The van der Waals surface area contributed by atoms with Crippen molar-refractivity contribution in [2.75, 3.05) is 27.7 Å². The highest BCUT2D eigenvalue weighted by Crippen LogP contribution is 1.95. The van der Waals surface area contributed by atoms with E-state index in [4.69, 9.17) is 0 Å². The number of rotatable bonds is 2. The van der Waals surface area contributed by atoms with Crippen molar-refractivity contribution >= 4 is 32.4 Å². The maximum Gasteiger partial charge on any atom is 0.283 e. The molecule has 0 saturated carbocycles. The molecule has 0 saturated heterocycles. The maximum atomic E-state index is 11.0. The predicted molar refractivity (Wildman–Crippen MR) is 50.7 cm³/mol. The lowest BCUT2D eigenvalue weighted by molar-refractivity contribution is -0.128. The summed E-state index contributed by atoms with van der Waals surface area (Å²) in [5.41, 5.74) is 0. The van der Waals surface area contributed by atoms with Gasteiger partial charge in [-0.3, -0.25) is 9.59 Å². The molecule has 0 radical (unpaired) electrons. The van der Waals surface area contributed by atoms with E-state index in [-0.39, 0.29) is 16.4 Å². The standard InChI is InChI=1S/C6H11IN2O2/c1-8(2)5(10)4-9(3)6(7)11/h4H2,1-3H3. The third kappa shape index (κ3) is 4.18. The summed E-state index contributed by atoms with van der Waals surface area (Å²) in [4.78, 5) is 24.4. The highest BCUT2D eigenvalue weighted by atomic mass is 127. The minimum atomic E-state index is -0.127. The number of hydrogen-bond acceptors (Lipinski definition) is 2. The first-order valence-corrected chi connectivity index (χ1v) is 4.13. The van der Waals surface area contributed by atoms with Crippen molar-refractivity contribution in [1.82, 2.24) is 9.80 Å². The SMILES string of the molecule is CN(C)C(=O)CN(C)C(=O)I. The molecule has 64 valence electrons. The van der Waals surface area contributed by atoms with Gasteiger partial charge in [-0.1, -0.05) is 0 Å². The Labute approximate surface area is 79.7 Å². The van der Waals surface area contributed by atoms with Crippen molar-refractivity contribution in [2.24, 2.45) is 0 Å². The molecule has 11 heavy (non-hydrogen) atoms. The van der Waals surface area contributed by atoms with Crippen molar-refractivity contribution in [1.29, 1.82) is 0 Å². The molecule has 0 aromatic rings. The second-order valence-electron chi connectivity index (χ2n) is 2.40. The first kappa shape index (κ1) is 10.7. The van der Waals surface area contributed by atoms with Crippen molar-refractivity contribution < 1.29 is 9.59 Å². The molecule has 0 unspecified atom stereocenters. The van der Waals surface area contributed by atoms with E-state index >= 15 is 0 Å². The number of likely N-dealkylation sites (N-methyl/N-ethyl adjacent to an activating group) is 2. The first-order chi connectivity index (χ1) is 4.95. The molecule has 0 aliphatic heterocycles. The average molecular weight is 270 g/mol. The Hall–Kier alpha value is -0.330. The van der Waals surface area contributed by atoms with E-state index in [1.165, 1.54) is 9.80 Å². The van der Waals surface area contributed by atoms with E-state index in [0.717, 1.165) is 0 Å². The maximum absolute atomic E-state index is 11.0. The Balaban J connectivity index is 3.85. The molecule has 0 heterocycles. The van der Waals surface area contributed by atoms with E-state index in [1.54, 1.807) is 43.7 Å². The zero-order chi connectivity index (χ0) is 9.02. The summed E-state index contributed by atoms with van der Waals surface area (Å²) >= 11 is 1.64. The highest BCUT2D eigenvalue weighted by Gasteiger charge is 2.10. The van der Waals surface area contributed by atoms with Crippen LogP contribution in [-0.4, -0.2) is 47.3 Å². The van der Waals surface area contributed by atoms with Crippen LogP contribution >= 0.6 is 22.6 Å². The van der Waals surface area contributed by atoms with Crippen molar-refractivity contribution in [3.05, 3.63) is 0 Å². The Bertz CT molecular complexity index is 170. The van der Waals surface area contributed by atoms with Crippen LogP contribution in [0.5, 0.6) is 0 Å². The summed E-state index contributed by atoms with van der Waals surface area (Å²) in [7, 11) is 4.91. The molecule has 0 aliphatic carbocycles. The third-order valence-corrected chi connectivity index (χ3v) is 1.99. The van der Waals surface area contributed by atoms with Crippen molar-refractivity contribution in [3.63, 3.8) is 0 Å². The fourth-order valence-electron chi connectivity index (χ4n) is 0.406. The minimum absolute atomic E-state index is 0.0717. The van der Waals surface area contributed by atoms with Gasteiger partial charge in [0.25, 0.3) is 3.91 Å². The quantitative estimate of drug-likeness (QED) is 0.418. The van der Waals surface area contributed by atoms with Crippen LogP contribution in [0.1, 0.15) is 0 Å². The Kier molecular flexibility index (Phi) is 4.39. The van der Waals surface area contributed by atoms with E-state index in [9.17, 15) is 9.59 Å². The molecular weight excluding hydrogens is 259 g/mol. The number of carbonyl (C=O) groups excluding carboxylic acids is 2. The second-order valence-corrected chi connectivity index (χ2v) is 3.32. The summed E-state index contributed by atoms with van der Waals surface area (Å²) in [6.07, 6.45) is 0. The number of hydrogen-bond donors (Lipinski definition) is 0. The van der Waals surface area contributed by atoms with Crippen LogP contribution in [0.15, 0.2) is 0 Å². The van der Waals surface area contributed by atoms with Crippen LogP contribution in [0.3, 0.4) is 0 Å². The summed E-state index contributed by atoms with van der Waals surface area (Å²) in [5, 5.41) is 0. The number of nitrogens with zero attached hydrogens (tertiary/aromatic N) is 2. The second kappa shape index (κ2) is 4.53. The topological polar surface area (TPSA) is 40.6 Å². The van der Waals surface area contributed by atoms with Gasteiger partial charge in [-0.25, -0.2) is 0 Å². The van der Waals surface area contributed by atoms with Crippen LogP contribution in [-0.2, 0) is 4.79 Å². The first-order valence-electron chi connectivity index (χ1n) is 3.06. The zero-order valence-electron chi connectivity index (χ0n) is 6.80. The molecule has 0 aliphatic rings. The largest absolute Gasteiger partial charge is 0.347 e. The Morgan fingerprint density at radius 1 is 1.27 bits per heavy atom. The van der Waals surface area contributed by atoms with Crippen LogP contribution in [0.2, 0.25) is 0 Å². The van der Waals surface area contributed by atoms with Crippen LogP contribution in [0, 0.1) is 0 Å². The molecule has 0 atom stereocenters. The molecule has 0 fully saturated rings.